The summed E-state index contributed by atoms with van der Waals surface area (Å²) >= 11 is 1.51. The molecule has 2 aromatic rings. The van der Waals surface area contributed by atoms with E-state index in [1.165, 1.54) is 55.1 Å². The molecule has 2 aromatic carbocycles. The Morgan fingerprint density at radius 3 is 1.73 bits per heavy atom. The Labute approximate surface area is 236 Å². The second-order valence-electron chi connectivity index (χ2n) is 9.32. The Bertz CT molecular complexity index is 1140. The molecule has 12 nitrogen and oxygen atoms in total. The van der Waals surface area contributed by atoms with Crippen LogP contribution in [0.5, 0.6) is 11.5 Å². The van der Waals surface area contributed by atoms with E-state index in [9.17, 15) is 39.6 Å². The van der Waals surface area contributed by atoms with E-state index >= 15 is 0 Å². The smallest absolute Gasteiger partial charge is 0.326 e. The number of aliphatic hydroxyl groups excluding tert-OH is 1. The van der Waals surface area contributed by atoms with Crippen LogP contribution in [0.2, 0.25) is 0 Å². The largest absolute Gasteiger partial charge is 0.508 e. The molecule has 5 unspecified atom stereocenters. The van der Waals surface area contributed by atoms with Gasteiger partial charge in [0.15, 0.2) is 0 Å². The van der Waals surface area contributed by atoms with Crippen LogP contribution in [-0.2, 0) is 32.0 Å². The highest BCUT2D eigenvalue weighted by Gasteiger charge is 2.33. The Morgan fingerprint density at radius 1 is 0.800 bits per heavy atom. The number of aliphatic carboxylic acids is 1. The Morgan fingerprint density at radius 2 is 1.27 bits per heavy atom. The predicted molar refractivity (Wildman–Crippen MR) is 150 cm³/mol. The number of aromatic hydroxyl groups is 2. The summed E-state index contributed by atoms with van der Waals surface area (Å²) in [6, 6.07) is 6.73. The number of aliphatic hydroxyl groups is 1. The van der Waals surface area contributed by atoms with Crippen molar-refractivity contribution in [3.05, 3.63) is 59.7 Å². The number of thioether (sulfide) groups is 1. The minimum atomic E-state index is -1.54. The number of phenols is 2. The molecule has 0 saturated carbocycles. The molecule has 218 valence electrons. The number of nitrogens with one attached hydrogen (secondary N) is 3. The fraction of sp³-hybridized carbons (Fsp3) is 0.407. The molecular weight excluding hydrogens is 540 g/mol. The third kappa shape index (κ3) is 10.4. The second-order valence-corrected chi connectivity index (χ2v) is 10.3. The predicted octanol–water partition coefficient (Wildman–Crippen LogP) is -0.117. The van der Waals surface area contributed by atoms with Crippen LogP contribution in [0.15, 0.2) is 48.5 Å². The van der Waals surface area contributed by atoms with Crippen LogP contribution in [0.3, 0.4) is 0 Å². The van der Waals surface area contributed by atoms with Crippen LogP contribution in [-0.4, -0.2) is 86.4 Å². The van der Waals surface area contributed by atoms with E-state index in [4.69, 9.17) is 5.73 Å². The van der Waals surface area contributed by atoms with Gasteiger partial charge in [0.25, 0.3) is 0 Å². The van der Waals surface area contributed by atoms with Gasteiger partial charge < -0.3 is 42.1 Å². The summed E-state index contributed by atoms with van der Waals surface area (Å²) in [5, 5.41) is 46.3. The van der Waals surface area contributed by atoms with Crippen LogP contribution >= 0.6 is 11.8 Å². The number of hydrogen-bond acceptors (Lipinski definition) is 9. The summed E-state index contributed by atoms with van der Waals surface area (Å²) in [5.41, 5.74) is 7.07. The molecular formula is C27H36N4O8S. The Hall–Kier alpha value is -3.81. The van der Waals surface area contributed by atoms with E-state index in [1.54, 1.807) is 12.1 Å². The van der Waals surface area contributed by atoms with Gasteiger partial charge in [-0.2, -0.15) is 11.8 Å². The average Bonchev–Trinajstić information content (AvgIpc) is 2.91. The lowest BCUT2D eigenvalue weighted by Crippen LogP contribution is -2.60. The summed E-state index contributed by atoms with van der Waals surface area (Å²) in [4.78, 5) is 50.8. The lowest BCUT2D eigenvalue weighted by Gasteiger charge is -2.26. The van der Waals surface area contributed by atoms with E-state index in [0.717, 1.165) is 0 Å². The molecule has 0 radical (unpaired) electrons. The molecule has 40 heavy (non-hydrogen) atoms. The monoisotopic (exact) mass is 576 g/mol. The van der Waals surface area contributed by atoms with Gasteiger partial charge >= 0.3 is 5.97 Å². The van der Waals surface area contributed by atoms with E-state index in [0.29, 0.717) is 23.3 Å². The normalized spacial score (nSPS) is 14.7. The first-order chi connectivity index (χ1) is 18.9. The topological polar surface area (TPSA) is 211 Å². The number of carboxylic acids is 1. The van der Waals surface area contributed by atoms with Crippen molar-refractivity contribution in [2.45, 2.75) is 56.5 Å². The quantitative estimate of drug-likeness (QED) is 0.141. The molecule has 0 spiro atoms. The van der Waals surface area contributed by atoms with Crippen LogP contribution in [0, 0.1) is 0 Å². The third-order valence-electron chi connectivity index (χ3n) is 6.03. The van der Waals surface area contributed by atoms with E-state index < -0.39 is 54.0 Å². The number of nitrogens with two attached hydrogens (primary N) is 1. The number of carbonyl (C=O) groups excluding carboxylic acids is 3. The molecule has 0 aliphatic heterocycles. The molecule has 0 saturated heterocycles. The SMILES string of the molecule is CSCCC(N)C(=O)NC(Cc1ccc(O)cc1)C(=O)NC(C(=O)NC(Cc1ccc(O)cc1)C(=O)O)C(C)O. The number of amides is 3. The average molecular weight is 577 g/mol. The van der Waals surface area contributed by atoms with Gasteiger partial charge in [0.1, 0.15) is 29.6 Å². The molecule has 0 aromatic heterocycles. The molecule has 0 aliphatic rings. The molecule has 3 amide bonds. The fourth-order valence-electron chi connectivity index (χ4n) is 3.72. The minimum Gasteiger partial charge on any atom is -0.508 e. The number of carboxylic acid groups (broad SMARTS) is 1. The summed E-state index contributed by atoms with van der Waals surface area (Å²) in [7, 11) is 0. The number of hydrogen-bond donors (Lipinski definition) is 8. The number of rotatable bonds is 15. The van der Waals surface area contributed by atoms with Crippen LogP contribution in [0.4, 0.5) is 0 Å². The van der Waals surface area contributed by atoms with Gasteiger partial charge in [-0.15, -0.1) is 0 Å². The molecule has 9 N–H and O–H groups in total. The van der Waals surface area contributed by atoms with Gasteiger partial charge in [0.2, 0.25) is 17.7 Å². The first-order valence-electron chi connectivity index (χ1n) is 12.5. The number of benzene rings is 2. The maximum atomic E-state index is 13.3. The fourth-order valence-corrected chi connectivity index (χ4v) is 4.21. The van der Waals surface area contributed by atoms with Crippen LogP contribution in [0.25, 0.3) is 0 Å². The first-order valence-corrected chi connectivity index (χ1v) is 13.9. The standard InChI is InChI=1S/C27H36N4O8S/c1-15(32)23(26(37)30-22(27(38)39)14-17-5-9-19(34)10-6-17)31-25(36)21(13-16-3-7-18(33)8-4-16)29-24(35)20(28)11-12-40-2/h3-10,15,20-23,32-34H,11-14,28H2,1-2H3,(H,29,35)(H,30,37)(H,31,36)(H,38,39). The molecule has 13 heteroatoms. The van der Waals surface area contributed by atoms with E-state index in [1.807, 2.05) is 6.26 Å². The molecule has 5 atom stereocenters. The third-order valence-corrected chi connectivity index (χ3v) is 6.68. The van der Waals surface area contributed by atoms with Crippen molar-refractivity contribution >= 4 is 35.5 Å². The van der Waals surface area contributed by atoms with Gasteiger partial charge in [-0.25, -0.2) is 4.79 Å². The van der Waals surface area contributed by atoms with Crippen molar-refractivity contribution in [2.24, 2.45) is 5.73 Å². The summed E-state index contributed by atoms with van der Waals surface area (Å²) in [5.74, 6) is -3.03. The zero-order valence-electron chi connectivity index (χ0n) is 22.2. The Kier molecular flexibility index (Phi) is 12.7. The highest BCUT2D eigenvalue weighted by molar-refractivity contribution is 7.98. The summed E-state index contributed by atoms with van der Waals surface area (Å²) in [6.45, 7) is 1.26. The first kappa shape index (κ1) is 32.4. The van der Waals surface area contributed by atoms with Gasteiger partial charge in [0, 0.05) is 12.8 Å². The number of carbonyl (C=O) groups is 4. The van der Waals surface area contributed by atoms with Gasteiger partial charge in [-0.3, -0.25) is 14.4 Å². The molecule has 2 rings (SSSR count). The highest BCUT2D eigenvalue weighted by atomic mass is 32.2. The molecule has 0 aliphatic carbocycles. The van der Waals surface area contributed by atoms with Crippen molar-refractivity contribution in [3.63, 3.8) is 0 Å². The molecule has 0 heterocycles. The zero-order chi connectivity index (χ0) is 29.8. The minimum absolute atomic E-state index is 0.00398. The zero-order valence-corrected chi connectivity index (χ0v) is 23.1. The van der Waals surface area contributed by atoms with E-state index in [2.05, 4.69) is 16.0 Å². The van der Waals surface area contributed by atoms with Gasteiger partial charge in [0.05, 0.1) is 12.1 Å². The lowest BCUT2D eigenvalue weighted by molar-refractivity contribution is -0.143. The second kappa shape index (κ2) is 15.7. The van der Waals surface area contributed by atoms with E-state index in [-0.39, 0.29) is 24.3 Å². The lowest BCUT2D eigenvalue weighted by atomic mass is 10.0. The number of phenolic OH excluding ortho intramolecular Hbond substituents is 2. The molecule has 0 fully saturated rings. The van der Waals surface area contributed by atoms with Crippen LogP contribution in [0.1, 0.15) is 24.5 Å². The van der Waals surface area contributed by atoms with Crippen LogP contribution < -0.4 is 21.7 Å². The highest BCUT2D eigenvalue weighted by Crippen LogP contribution is 2.13. The van der Waals surface area contributed by atoms with Crippen molar-refractivity contribution in [1.82, 2.24) is 16.0 Å². The Balaban J connectivity index is 2.20. The van der Waals surface area contributed by atoms with Crippen molar-refractivity contribution in [3.8, 4) is 11.5 Å². The maximum absolute atomic E-state index is 13.3. The van der Waals surface area contributed by atoms with Crippen molar-refractivity contribution in [1.29, 1.82) is 0 Å². The maximum Gasteiger partial charge on any atom is 0.326 e. The van der Waals surface area contributed by atoms with Crippen molar-refractivity contribution in [2.75, 3.05) is 12.0 Å². The van der Waals surface area contributed by atoms with Gasteiger partial charge in [-0.05, 0) is 60.7 Å². The summed E-state index contributed by atoms with van der Waals surface area (Å²) < 4.78 is 0. The van der Waals surface area contributed by atoms with Gasteiger partial charge in [-0.1, -0.05) is 24.3 Å². The molecule has 0 bridgehead atoms. The summed E-state index contributed by atoms with van der Waals surface area (Å²) in [6.07, 6.45) is 0.694. The van der Waals surface area contributed by atoms with Crippen molar-refractivity contribution < 1.29 is 39.6 Å².